The molecule has 0 aromatic carbocycles. The van der Waals surface area contributed by atoms with Crippen molar-refractivity contribution in [3.63, 3.8) is 0 Å². The molecule has 2 atom stereocenters. The molecule has 161 valence electrons. The molecule has 1 aromatic heterocycles. The molecule has 0 unspecified atom stereocenters. The second kappa shape index (κ2) is 10.9. The van der Waals surface area contributed by atoms with E-state index in [1.807, 2.05) is 6.20 Å². The van der Waals surface area contributed by atoms with Crippen molar-refractivity contribution < 1.29 is 13.6 Å². The quantitative estimate of drug-likeness (QED) is 0.468. The van der Waals surface area contributed by atoms with Gasteiger partial charge in [0.05, 0.1) is 6.10 Å². The molecule has 0 amide bonds. The number of carbonyl (C=O) groups is 1. The number of rotatable bonds is 6. The lowest BCUT2D eigenvalue weighted by Gasteiger charge is -2.38. The monoisotopic (exact) mass is 425 g/mol. The summed E-state index contributed by atoms with van der Waals surface area (Å²) in [5, 5.41) is 0.429. The zero-order chi connectivity index (χ0) is 21.7. The molecule has 1 aromatic rings. The highest BCUT2D eigenvalue weighted by atomic mass is 28.4. The molecule has 0 spiro atoms. The first-order chi connectivity index (χ1) is 11.9. The number of H-pyrrole nitrogens is 1. The first-order valence-electron chi connectivity index (χ1n) is 9.75. The third-order valence-corrected chi connectivity index (χ3v) is 14.8. The molecule has 1 N–H and O–H groups in total. The lowest BCUT2D eigenvalue weighted by molar-refractivity contribution is -0.113. The maximum Gasteiger partial charge on any atom is 0.193 e. The topological polar surface area (TPSA) is 64.2 Å². The van der Waals surface area contributed by atoms with Crippen LogP contribution < -0.4 is 0 Å². The summed E-state index contributed by atoms with van der Waals surface area (Å²) in [7, 11) is -3.40. The van der Waals surface area contributed by atoms with E-state index in [9.17, 15) is 4.79 Å². The number of hydrogen-bond acceptors (Lipinski definition) is 4. The molecular weight excluding hydrogens is 383 g/mol. The van der Waals surface area contributed by atoms with E-state index in [2.05, 4.69) is 84.6 Å². The van der Waals surface area contributed by atoms with Gasteiger partial charge in [-0.15, -0.1) is 0 Å². The zero-order valence-corrected chi connectivity index (χ0v) is 22.1. The Hall–Kier alpha value is -0.701. The third-order valence-electron chi connectivity index (χ3n) is 5.66. The van der Waals surface area contributed by atoms with Crippen molar-refractivity contribution in [2.45, 2.75) is 104 Å². The first-order valence-corrected chi connectivity index (χ1v) is 15.6. The van der Waals surface area contributed by atoms with Crippen LogP contribution in [0.15, 0.2) is 12.4 Å². The van der Waals surface area contributed by atoms with Gasteiger partial charge in [0, 0.05) is 20.8 Å². The van der Waals surface area contributed by atoms with Crippen LogP contribution in [0.2, 0.25) is 36.3 Å². The molecule has 1 heterocycles. The number of nitrogens with one attached hydrogen (secondary N) is 1. The minimum atomic E-state index is -1.72. The van der Waals surface area contributed by atoms with E-state index in [0.29, 0.717) is 0 Å². The molecule has 0 aliphatic carbocycles. The summed E-state index contributed by atoms with van der Waals surface area (Å²) in [6, 6.07) is 0. The van der Waals surface area contributed by atoms with E-state index < -0.39 is 16.6 Å². The second-order valence-electron chi connectivity index (χ2n) is 10.2. The number of aromatic amines is 1. The second-order valence-corrected chi connectivity index (χ2v) is 19.7. The van der Waals surface area contributed by atoms with Crippen molar-refractivity contribution in [2.75, 3.05) is 0 Å². The van der Waals surface area contributed by atoms with Crippen LogP contribution in [0, 0.1) is 0 Å². The first kappa shape index (κ1) is 29.5. The van der Waals surface area contributed by atoms with Crippen molar-refractivity contribution in [2.24, 2.45) is 0 Å². The summed E-state index contributed by atoms with van der Waals surface area (Å²) >= 11 is 0. The number of hydrogen-bond donors (Lipinski definition) is 1. The van der Waals surface area contributed by atoms with Crippen LogP contribution in [0.25, 0.3) is 0 Å². The van der Waals surface area contributed by atoms with Crippen LogP contribution in [0.4, 0.5) is 0 Å². The Morgan fingerprint density at radius 2 is 1.39 bits per heavy atom. The fourth-order valence-electron chi connectivity index (χ4n) is 1.84. The summed E-state index contributed by atoms with van der Waals surface area (Å²) in [5.74, 6) is 0.917. The average molecular weight is 426 g/mol. The van der Waals surface area contributed by atoms with E-state index in [1.165, 1.54) is 0 Å². The molecule has 0 saturated heterocycles. The van der Waals surface area contributed by atoms with E-state index in [1.54, 1.807) is 13.1 Å². The highest BCUT2D eigenvalue weighted by molar-refractivity contribution is 6.74. The van der Waals surface area contributed by atoms with Gasteiger partial charge < -0.3 is 18.6 Å². The van der Waals surface area contributed by atoms with Gasteiger partial charge in [-0.3, -0.25) is 0 Å². The minimum absolute atomic E-state index is 0. The fourth-order valence-corrected chi connectivity index (χ4v) is 4.53. The largest absolute Gasteiger partial charge is 0.408 e. The summed E-state index contributed by atoms with van der Waals surface area (Å²) in [6.45, 7) is 25.9. The molecule has 5 nitrogen and oxygen atoms in total. The average Bonchev–Trinajstić information content (AvgIpc) is 2.98. The Morgan fingerprint density at radius 1 is 0.964 bits per heavy atom. The van der Waals surface area contributed by atoms with Gasteiger partial charge >= 0.3 is 0 Å². The van der Waals surface area contributed by atoms with Gasteiger partial charge in [-0.05, 0) is 50.1 Å². The van der Waals surface area contributed by atoms with Crippen molar-refractivity contribution >= 4 is 31.3 Å². The van der Waals surface area contributed by atoms with E-state index in [4.69, 9.17) is 8.85 Å². The van der Waals surface area contributed by atoms with Crippen LogP contribution in [-0.2, 0) is 13.6 Å². The highest BCUT2D eigenvalue weighted by Gasteiger charge is 2.39. The van der Waals surface area contributed by atoms with Gasteiger partial charge in [0.2, 0.25) is 0 Å². The van der Waals surface area contributed by atoms with Crippen molar-refractivity contribution in [1.29, 1.82) is 0 Å². The maximum atomic E-state index is 10.4. The van der Waals surface area contributed by atoms with Crippen LogP contribution in [0.5, 0.6) is 0 Å². The van der Waals surface area contributed by atoms with E-state index >= 15 is 0 Å². The standard InChI is InChI=1S/C11H22N2OSi.C9H20O2Si.B/c1-9(10-12-7-8-13-10)14-15(5,6)11(2,3)4;1-8(7-10)11-12(5,6)9(2,3)4;/h7-9H,1-6H3,(H,12,13);7-8H,1-6H3;/t9-;8-;/m00./s1. The number of aromatic nitrogens is 2. The fraction of sp³-hybridized carbons (Fsp3) is 0.800. The lowest BCUT2D eigenvalue weighted by Crippen LogP contribution is -2.43. The van der Waals surface area contributed by atoms with Gasteiger partial charge in [0.15, 0.2) is 16.6 Å². The van der Waals surface area contributed by atoms with Gasteiger partial charge in [-0.2, -0.15) is 0 Å². The normalized spacial score (nSPS) is 15.0. The molecule has 3 radical (unpaired) electrons. The smallest absolute Gasteiger partial charge is 0.193 e. The van der Waals surface area contributed by atoms with Crippen LogP contribution >= 0.6 is 0 Å². The predicted molar refractivity (Wildman–Crippen MR) is 125 cm³/mol. The maximum absolute atomic E-state index is 10.4. The van der Waals surface area contributed by atoms with Gasteiger partial charge in [0.1, 0.15) is 18.2 Å². The van der Waals surface area contributed by atoms with Gasteiger partial charge in [-0.25, -0.2) is 4.98 Å². The lowest BCUT2D eigenvalue weighted by atomic mass is 10.2. The Labute approximate surface area is 177 Å². The van der Waals surface area contributed by atoms with Crippen LogP contribution in [0.3, 0.4) is 0 Å². The van der Waals surface area contributed by atoms with Crippen molar-refractivity contribution in [3.05, 3.63) is 18.2 Å². The zero-order valence-electron chi connectivity index (χ0n) is 20.1. The third kappa shape index (κ3) is 9.20. The van der Waals surface area contributed by atoms with E-state index in [0.717, 1.165) is 12.1 Å². The number of aldehydes is 1. The molecule has 8 heteroatoms. The van der Waals surface area contributed by atoms with Crippen molar-refractivity contribution in [3.8, 4) is 0 Å². The molecular formula is C20H42BN2O3Si2. The molecule has 0 bridgehead atoms. The number of carbonyl (C=O) groups excluding carboxylic acids is 1. The highest BCUT2D eigenvalue weighted by Crippen LogP contribution is 2.39. The molecule has 1 rings (SSSR count). The van der Waals surface area contributed by atoms with E-state index in [-0.39, 0.29) is 30.7 Å². The summed E-state index contributed by atoms with van der Waals surface area (Å²) in [5.41, 5.74) is 0. The molecule has 0 aliphatic heterocycles. The Bertz CT molecular complexity index is 565. The Balaban J connectivity index is 0. The van der Waals surface area contributed by atoms with Gasteiger partial charge in [0.25, 0.3) is 0 Å². The minimum Gasteiger partial charge on any atom is -0.408 e. The predicted octanol–water partition coefficient (Wildman–Crippen LogP) is 5.71. The Morgan fingerprint density at radius 3 is 1.71 bits per heavy atom. The van der Waals surface area contributed by atoms with Crippen LogP contribution in [-0.4, -0.2) is 47.4 Å². The van der Waals surface area contributed by atoms with Crippen LogP contribution in [0.1, 0.15) is 67.3 Å². The van der Waals surface area contributed by atoms with Gasteiger partial charge in [-0.1, -0.05) is 41.5 Å². The summed E-state index contributed by atoms with van der Waals surface area (Å²) in [6.07, 6.45) is 4.26. The molecule has 0 saturated carbocycles. The number of nitrogens with zero attached hydrogens (tertiary/aromatic N) is 1. The SMILES string of the molecule is C[C@@H](C=O)O[Si](C)(C)C(C)(C)C.C[C@H](O[Si](C)(C)C(C)(C)C)c1ncc[nH]1.[B]. The molecule has 0 fully saturated rings. The Kier molecular flexibility index (Phi) is 11.5. The summed E-state index contributed by atoms with van der Waals surface area (Å²) in [4.78, 5) is 17.7. The molecule has 0 aliphatic rings. The summed E-state index contributed by atoms with van der Waals surface area (Å²) < 4.78 is 11.9. The number of imidazole rings is 1. The van der Waals surface area contributed by atoms with Crippen molar-refractivity contribution in [1.82, 2.24) is 9.97 Å². The molecule has 28 heavy (non-hydrogen) atoms.